The zero-order valence-corrected chi connectivity index (χ0v) is 25.1. The lowest BCUT2D eigenvalue weighted by molar-refractivity contribution is 0.224. The number of hydrogen-bond donors (Lipinski definition) is 2. The zero-order chi connectivity index (χ0) is 29.6. The van der Waals surface area contributed by atoms with Crippen molar-refractivity contribution in [3.05, 3.63) is 54.1 Å². The second-order valence-electron chi connectivity index (χ2n) is 10.9. The van der Waals surface area contributed by atoms with E-state index >= 15 is 0 Å². The van der Waals surface area contributed by atoms with E-state index < -0.39 is 10.0 Å². The van der Waals surface area contributed by atoms with Crippen LogP contribution in [0.2, 0.25) is 0 Å². The molecule has 2 N–H and O–H groups in total. The first kappa shape index (κ1) is 30.4. The summed E-state index contributed by atoms with van der Waals surface area (Å²) in [5, 5.41) is 9.34. The van der Waals surface area contributed by atoms with Crippen molar-refractivity contribution in [2.24, 2.45) is 0 Å². The lowest BCUT2D eigenvalue weighted by atomic mass is 9.87. The molecule has 2 aromatic carbocycles. The predicted molar refractivity (Wildman–Crippen MR) is 158 cm³/mol. The third-order valence-electron chi connectivity index (χ3n) is 6.69. The molecule has 4 rings (SSSR count). The normalized spacial score (nSPS) is 14.5. The third kappa shape index (κ3) is 7.57. The predicted octanol–water partition coefficient (Wildman–Crippen LogP) is 3.89. The summed E-state index contributed by atoms with van der Waals surface area (Å²) in [5.74, 6) is 1.04. The van der Waals surface area contributed by atoms with Crippen molar-refractivity contribution in [2.75, 3.05) is 63.2 Å². The fourth-order valence-electron chi connectivity index (χ4n) is 4.19. The quantitative estimate of drug-likeness (QED) is 0.320. The second kappa shape index (κ2) is 12.9. The van der Waals surface area contributed by atoms with E-state index in [0.717, 1.165) is 18.7 Å². The van der Waals surface area contributed by atoms with E-state index in [-0.39, 0.29) is 41.0 Å². The molecule has 0 saturated carbocycles. The molecule has 222 valence electrons. The number of benzene rings is 2. The van der Waals surface area contributed by atoms with E-state index in [9.17, 15) is 13.5 Å². The third-order valence-corrected chi connectivity index (χ3v) is 8.05. The number of nitrogens with zero attached hydrogens (tertiary/aromatic N) is 4. The van der Waals surface area contributed by atoms with Gasteiger partial charge in [-0.3, -0.25) is 4.72 Å². The molecule has 11 nitrogen and oxygen atoms in total. The molecule has 2 heterocycles. The van der Waals surface area contributed by atoms with Crippen LogP contribution in [0.25, 0.3) is 0 Å². The summed E-state index contributed by atoms with van der Waals surface area (Å²) in [5.41, 5.74) is 0.881. The fraction of sp³-hybridized carbons (Fsp3) is 0.448. The van der Waals surface area contributed by atoms with Gasteiger partial charge in [0.25, 0.3) is 15.9 Å². The summed E-state index contributed by atoms with van der Waals surface area (Å²) in [6.45, 7) is 9.15. The van der Waals surface area contributed by atoms with Crippen molar-refractivity contribution >= 4 is 21.8 Å². The summed E-state index contributed by atoms with van der Waals surface area (Å²) in [6.07, 6.45) is 0.350. The number of piperazine rings is 1. The van der Waals surface area contributed by atoms with E-state index in [1.807, 2.05) is 11.9 Å². The summed E-state index contributed by atoms with van der Waals surface area (Å²) < 4.78 is 47.5. The largest absolute Gasteiger partial charge is 0.493 e. The van der Waals surface area contributed by atoms with Gasteiger partial charge >= 0.3 is 0 Å². The van der Waals surface area contributed by atoms with Gasteiger partial charge in [0.05, 0.1) is 18.6 Å². The molecular weight excluding hydrogens is 546 g/mol. The first-order valence-corrected chi connectivity index (χ1v) is 15.0. The highest BCUT2D eigenvalue weighted by molar-refractivity contribution is 7.92. The Morgan fingerprint density at radius 2 is 1.63 bits per heavy atom. The minimum Gasteiger partial charge on any atom is -0.493 e. The van der Waals surface area contributed by atoms with Crippen molar-refractivity contribution in [3.63, 3.8) is 0 Å². The highest BCUT2D eigenvalue weighted by Gasteiger charge is 2.28. The molecule has 0 amide bonds. The van der Waals surface area contributed by atoms with Gasteiger partial charge in [-0.15, -0.1) is 0 Å². The Morgan fingerprint density at radius 3 is 2.24 bits per heavy atom. The van der Waals surface area contributed by atoms with E-state index in [4.69, 9.17) is 14.2 Å². The van der Waals surface area contributed by atoms with Crippen LogP contribution < -0.4 is 23.8 Å². The zero-order valence-electron chi connectivity index (χ0n) is 24.3. The molecule has 0 spiro atoms. The molecule has 41 heavy (non-hydrogen) atoms. The van der Waals surface area contributed by atoms with Crippen LogP contribution in [0.1, 0.15) is 32.8 Å². The van der Waals surface area contributed by atoms with E-state index in [2.05, 4.69) is 40.4 Å². The molecular formula is C29H39N5O6S. The van der Waals surface area contributed by atoms with Crippen LogP contribution >= 0.6 is 0 Å². The second-order valence-corrected chi connectivity index (χ2v) is 12.5. The highest BCUT2D eigenvalue weighted by Crippen LogP contribution is 2.41. The molecule has 1 saturated heterocycles. The summed E-state index contributed by atoms with van der Waals surface area (Å²) in [6, 6.07) is 13.7. The Labute approximate surface area is 242 Å². The monoisotopic (exact) mass is 585 g/mol. The van der Waals surface area contributed by atoms with Crippen molar-refractivity contribution in [3.8, 4) is 23.1 Å². The van der Waals surface area contributed by atoms with Gasteiger partial charge in [0.1, 0.15) is 0 Å². The number of sulfonamides is 1. The molecule has 1 fully saturated rings. The minimum absolute atomic E-state index is 0.0137. The standard InChI is InChI=1S/C29H39N5O6S/c1-29(2,3)21-11-13-22(14-12-21)41(36,37)32-26-25(40-24-10-7-6-9-23(24)38-5)27(39-20-8-19-35)31-28(30-26)34-17-15-33(4)16-18-34/h6-7,9-14,35H,8,15-20H2,1-5H3,(H,30,31,32). The number of nitrogens with one attached hydrogen (secondary N) is 1. The number of methoxy groups -OCH3 is 1. The number of anilines is 2. The number of rotatable bonds is 11. The maximum Gasteiger partial charge on any atom is 0.265 e. The molecule has 1 aliphatic rings. The van der Waals surface area contributed by atoms with Gasteiger partial charge in [-0.05, 0) is 42.3 Å². The molecule has 12 heteroatoms. The van der Waals surface area contributed by atoms with E-state index in [1.54, 1.807) is 48.5 Å². The van der Waals surface area contributed by atoms with Crippen LogP contribution in [0.3, 0.4) is 0 Å². The molecule has 0 atom stereocenters. The Bertz CT molecular complexity index is 1420. The molecule has 0 unspecified atom stereocenters. The van der Waals surface area contributed by atoms with Crippen LogP contribution in [0.5, 0.6) is 23.1 Å². The SMILES string of the molecule is COc1ccccc1Oc1c(NS(=O)(=O)c2ccc(C(C)(C)C)cc2)nc(N2CCN(C)CC2)nc1OCCCO. The number of aliphatic hydroxyl groups excluding tert-OH is 1. The average molecular weight is 586 g/mol. The van der Waals surface area contributed by atoms with Crippen LogP contribution in [-0.4, -0.2) is 81.9 Å². The summed E-state index contributed by atoms with van der Waals surface area (Å²) >= 11 is 0. The average Bonchev–Trinajstić information content (AvgIpc) is 2.94. The maximum absolute atomic E-state index is 13.6. The summed E-state index contributed by atoms with van der Waals surface area (Å²) in [7, 11) is -0.527. The molecule has 1 aliphatic heterocycles. The van der Waals surface area contributed by atoms with Gasteiger partial charge in [-0.25, -0.2) is 8.42 Å². The van der Waals surface area contributed by atoms with Crippen molar-refractivity contribution in [2.45, 2.75) is 37.5 Å². The van der Waals surface area contributed by atoms with Crippen molar-refractivity contribution in [1.82, 2.24) is 14.9 Å². The van der Waals surface area contributed by atoms with Crippen LogP contribution in [-0.2, 0) is 15.4 Å². The van der Waals surface area contributed by atoms with Gasteiger partial charge < -0.3 is 29.1 Å². The Morgan fingerprint density at radius 1 is 0.976 bits per heavy atom. The molecule has 3 aromatic rings. The van der Waals surface area contributed by atoms with Gasteiger partial charge in [-0.1, -0.05) is 45.0 Å². The van der Waals surface area contributed by atoms with Crippen molar-refractivity contribution < 1.29 is 27.7 Å². The van der Waals surface area contributed by atoms with Crippen LogP contribution in [0, 0.1) is 0 Å². The number of hydrogen-bond acceptors (Lipinski definition) is 10. The minimum atomic E-state index is -4.08. The Balaban J connectivity index is 1.80. The molecule has 0 radical (unpaired) electrons. The van der Waals surface area contributed by atoms with E-state index in [1.165, 1.54) is 7.11 Å². The number of aromatic nitrogens is 2. The van der Waals surface area contributed by atoms with Gasteiger partial charge in [0.15, 0.2) is 17.3 Å². The number of aliphatic hydroxyl groups is 1. The van der Waals surface area contributed by atoms with E-state index in [0.29, 0.717) is 37.0 Å². The topological polar surface area (TPSA) is 126 Å². The molecule has 0 aliphatic carbocycles. The highest BCUT2D eigenvalue weighted by atomic mass is 32.2. The van der Waals surface area contributed by atoms with Crippen molar-refractivity contribution in [1.29, 1.82) is 0 Å². The first-order valence-electron chi connectivity index (χ1n) is 13.6. The number of ether oxygens (including phenoxy) is 3. The Kier molecular flexibility index (Phi) is 9.57. The van der Waals surface area contributed by atoms with Crippen LogP contribution in [0.4, 0.5) is 11.8 Å². The maximum atomic E-state index is 13.6. The van der Waals surface area contributed by atoms with Crippen LogP contribution in [0.15, 0.2) is 53.4 Å². The smallest absolute Gasteiger partial charge is 0.265 e. The van der Waals surface area contributed by atoms with Gasteiger partial charge in [-0.2, -0.15) is 9.97 Å². The first-order chi connectivity index (χ1) is 19.5. The lowest BCUT2D eigenvalue weighted by Crippen LogP contribution is -2.45. The number of para-hydroxylation sites is 2. The summed E-state index contributed by atoms with van der Waals surface area (Å²) in [4.78, 5) is 13.5. The molecule has 1 aromatic heterocycles. The lowest BCUT2D eigenvalue weighted by Gasteiger charge is -2.32. The number of likely N-dealkylation sites (N-methyl/N-ethyl adjacent to an activating group) is 1. The van der Waals surface area contributed by atoms with Gasteiger partial charge in [0.2, 0.25) is 11.7 Å². The molecule has 0 bridgehead atoms. The fourth-order valence-corrected chi connectivity index (χ4v) is 5.20. The van der Waals surface area contributed by atoms with Gasteiger partial charge in [0, 0.05) is 39.2 Å². The Hall–Kier alpha value is -3.61.